The fourth-order valence-corrected chi connectivity index (χ4v) is 3.48. The van der Waals surface area contributed by atoms with Crippen molar-refractivity contribution in [1.82, 2.24) is 14.9 Å². The first kappa shape index (κ1) is 17.7. The second-order valence-corrected chi connectivity index (χ2v) is 6.95. The molecule has 6 heteroatoms. The number of carbonyl (C=O) groups is 1. The van der Waals surface area contributed by atoms with Crippen molar-refractivity contribution in [3.05, 3.63) is 53.3 Å². The summed E-state index contributed by atoms with van der Waals surface area (Å²) in [7, 11) is 1.87. The maximum atomic E-state index is 13.0. The Bertz CT molecular complexity index is 724. The van der Waals surface area contributed by atoms with Crippen LogP contribution in [0, 0.1) is 5.92 Å². The van der Waals surface area contributed by atoms with Crippen molar-refractivity contribution in [3.63, 3.8) is 0 Å². The molecule has 1 aromatic carbocycles. The standard InChI is InChI=1S/C19H23ClN4O/c1-14(15-6-3-8-17(20)12-15)23(2)18(25)16-7-4-11-24(13-16)19-21-9-5-10-22-19/h3,5-6,8-10,12,14,16H,4,7,11,13H2,1-2H3. The summed E-state index contributed by atoms with van der Waals surface area (Å²) in [6.07, 6.45) is 5.34. The number of benzene rings is 1. The van der Waals surface area contributed by atoms with E-state index in [1.807, 2.05) is 43.1 Å². The van der Waals surface area contributed by atoms with Gasteiger partial charge in [0.15, 0.2) is 0 Å². The highest BCUT2D eigenvalue weighted by atomic mass is 35.5. The Morgan fingerprint density at radius 2 is 2.08 bits per heavy atom. The van der Waals surface area contributed by atoms with E-state index >= 15 is 0 Å². The zero-order valence-corrected chi connectivity index (χ0v) is 15.4. The monoisotopic (exact) mass is 358 g/mol. The lowest BCUT2D eigenvalue weighted by Crippen LogP contribution is -2.44. The fraction of sp³-hybridized carbons (Fsp3) is 0.421. The molecule has 1 fully saturated rings. The largest absolute Gasteiger partial charge is 0.340 e. The molecule has 1 aromatic heterocycles. The van der Waals surface area contributed by atoms with Crippen LogP contribution in [0.25, 0.3) is 0 Å². The van der Waals surface area contributed by atoms with Crippen LogP contribution in [-0.2, 0) is 4.79 Å². The smallest absolute Gasteiger partial charge is 0.227 e. The second kappa shape index (κ2) is 7.83. The van der Waals surface area contributed by atoms with Gasteiger partial charge in [0.05, 0.1) is 12.0 Å². The maximum Gasteiger partial charge on any atom is 0.227 e. The SMILES string of the molecule is CC(c1cccc(Cl)c1)N(C)C(=O)C1CCCN(c2ncccn2)C1. The molecular weight excluding hydrogens is 336 g/mol. The minimum absolute atomic E-state index is 0.0189. The van der Waals surface area contributed by atoms with Gasteiger partial charge >= 0.3 is 0 Å². The van der Waals surface area contributed by atoms with Crippen LogP contribution >= 0.6 is 11.6 Å². The van der Waals surface area contributed by atoms with E-state index in [1.54, 1.807) is 18.5 Å². The topological polar surface area (TPSA) is 49.3 Å². The van der Waals surface area contributed by atoms with E-state index < -0.39 is 0 Å². The van der Waals surface area contributed by atoms with E-state index in [9.17, 15) is 4.79 Å². The van der Waals surface area contributed by atoms with Crippen LogP contribution in [-0.4, -0.2) is 40.9 Å². The summed E-state index contributed by atoms with van der Waals surface area (Å²) in [5, 5.41) is 0.690. The van der Waals surface area contributed by atoms with E-state index in [0.717, 1.165) is 24.9 Å². The molecule has 0 spiro atoms. The third-order valence-corrected chi connectivity index (χ3v) is 5.10. The predicted octanol–water partition coefficient (Wildman–Crippen LogP) is 3.57. The molecule has 2 aromatic rings. The molecular formula is C19H23ClN4O. The number of rotatable bonds is 4. The molecule has 1 amide bonds. The van der Waals surface area contributed by atoms with E-state index in [-0.39, 0.29) is 17.9 Å². The first-order chi connectivity index (χ1) is 12.1. The molecule has 1 aliphatic rings. The van der Waals surface area contributed by atoms with Crippen molar-refractivity contribution in [3.8, 4) is 0 Å². The molecule has 25 heavy (non-hydrogen) atoms. The average Bonchev–Trinajstić information content (AvgIpc) is 2.67. The molecule has 1 aliphatic heterocycles. The molecule has 1 saturated heterocycles. The van der Waals surface area contributed by atoms with Crippen LogP contribution < -0.4 is 4.90 Å². The highest BCUT2D eigenvalue weighted by Crippen LogP contribution is 2.27. The Labute approximate surface area is 153 Å². The molecule has 2 atom stereocenters. The van der Waals surface area contributed by atoms with Gasteiger partial charge in [0, 0.05) is 37.6 Å². The maximum absolute atomic E-state index is 13.0. The number of hydrogen-bond acceptors (Lipinski definition) is 4. The Balaban J connectivity index is 1.69. The predicted molar refractivity (Wildman–Crippen MR) is 99.6 cm³/mol. The number of anilines is 1. The van der Waals surface area contributed by atoms with Gasteiger partial charge in [0.25, 0.3) is 0 Å². The van der Waals surface area contributed by atoms with Gasteiger partial charge in [0.2, 0.25) is 11.9 Å². The van der Waals surface area contributed by atoms with Crippen LogP contribution in [0.4, 0.5) is 5.95 Å². The zero-order valence-electron chi connectivity index (χ0n) is 14.6. The van der Waals surface area contributed by atoms with Gasteiger partial charge in [-0.3, -0.25) is 4.79 Å². The van der Waals surface area contributed by atoms with Crippen LogP contribution in [0.15, 0.2) is 42.7 Å². The normalized spacial score (nSPS) is 18.7. The molecule has 0 saturated carbocycles. The fourth-order valence-electron chi connectivity index (χ4n) is 3.28. The second-order valence-electron chi connectivity index (χ2n) is 6.51. The van der Waals surface area contributed by atoms with Gasteiger partial charge in [-0.1, -0.05) is 23.7 Å². The lowest BCUT2D eigenvalue weighted by Gasteiger charge is -2.35. The van der Waals surface area contributed by atoms with Gasteiger partial charge in [-0.05, 0) is 43.5 Å². The van der Waals surface area contributed by atoms with Crippen molar-refractivity contribution < 1.29 is 4.79 Å². The van der Waals surface area contributed by atoms with Crippen molar-refractivity contribution >= 4 is 23.5 Å². The average molecular weight is 359 g/mol. The number of piperidine rings is 1. The summed E-state index contributed by atoms with van der Waals surface area (Å²) >= 11 is 6.08. The van der Waals surface area contributed by atoms with Crippen LogP contribution in [0.3, 0.4) is 0 Å². The van der Waals surface area contributed by atoms with E-state index in [4.69, 9.17) is 11.6 Å². The van der Waals surface area contributed by atoms with Crippen LogP contribution in [0.5, 0.6) is 0 Å². The third-order valence-electron chi connectivity index (χ3n) is 4.87. The molecule has 132 valence electrons. The number of aromatic nitrogens is 2. The summed E-state index contributed by atoms with van der Waals surface area (Å²) < 4.78 is 0. The number of nitrogens with zero attached hydrogens (tertiary/aromatic N) is 4. The molecule has 0 bridgehead atoms. The molecule has 0 aliphatic carbocycles. The van der Waals surface area contributed by atoms with E-state index in [0.29, 0.717) is 17.5 Å². The van der Waals surface area contributed by atoms with Gasteiger partial charge < -0.3 is 9.80 Å². The summed E-state index contributed by atoms with van der Waals surface area (Å²) in [4.78, 5) is 25.5. The molecule has 0 radical (unpaired) electrons. The number of amides is 1. The van der Waals surface area contributed by atoms with Gasteiger partial charge in [-0.25, -0.2) is 9.97 Å². The first-order valence-electron chi connectivity index (χ1n) is 8.60. The zero-order chi connectivity index (χ0) is 17.8. The van der Waals surface area contributed by atoms with Crippen molar-refractivity contribution in [2.24, 2.45) is 5.92 Å². The minimum Gasteiger partial charge on any atom is -0.340 e. The molecule has 2 heterocycles. The quantitative estimate of drug-likeness (QED) is 0.838. The van der Waals surface area contributed by atoms with Gasteiger partial charge in [-0.2, -0.15) is 0 Å². The summed E-state index contributed by atoms with van der Waals surface area (Å²) in [6, 6.07) is 9.47. The van der Waals surface area contributed by atoms with Crippen molar-refractivity contribution in [2.45, 2.75) is 25.8 Å². The first-order valence-corrected chi connectivity index (χ1v) is 8.98. The summed E-state index contributed by atoms with van der Waals surface area (Å²) in [5.74, 6) is 0.822. The lowest BCUT2D eigenvalue weighted by atomic mass is 9.95. The number of hydrogen-bond donors (Lipinski definition) is 0. The molecule has 2 unspecified atom stereocenters. The number of carbonyl (C=O) groups excluding carboxylic acids is 1. The van der Waals surface area contributed by atoms with Gasteiger partial charge in [0.1, 0.15) is 0 Å². The lowest BCUT2D eigenvalue weighted by molar-refractivity contribution is -0.136. The van der Waals surface area contributed by atoms with E-state index in [1.165, 1.54) is 0 Å². The highest BCUT2D eigenvalue weighted by Gasteiger charge is 2.30. The van der Waals surface area contributed by atoms with E-state index in [2.05, 4.69) is 14.9 Å². The Morgan fingerprint density at radius 1 is 1.32 bits per heavy atom. The van der Waals surface area contributed by atoms with Gasteiger partial charge in [-0.15, -0.1) is 0 Å². The Kier molecular flexibility index (Phi) is 5.53. The molecule has 5 nitrogen and oxygen atoms in total. The summed E-state index contributed by atoms with van der Waals surface area (Å²) in [6.45, 7) is 3.58. The van der Waals surface area contributed by atoms with Crippen LogP contribution in [0.1, 0.15) is 31.4 Å². The van der Waals surface area contributed by atoms with Crippen molar-refractivity contribution in [1.29, 1.82) is 0 Å². The molecule has 3 rings (SSSR count). The third kappa shape index (κ3) is 4.10. The summed E-state index contributed by atoms with van der Waals surface area (Å²) in [5.41, 5.74) is 1.04. The van der Waals surface area contributed by atoms with Crippen LogP contribution in [0.2, 0.25) is 5.02 Å². The number of halogens is 1. The highest BCUT2D eigenvalue weighted by molar-refractivity contribution is 6.30. The van der Waals surface area contributed by atoms with Crippen molar-refractivity contribution in [2.75, 3.05) is 25.0 Å². The minimum atomic E-state index is -0.0378. The Morgan fingerprint density at radius 3 is 2.80 bits per heavy atom. The molecule has 0 N–H and O–H groups in total. The Hall–Kier alpha value is -2.14.